The number of likely N-dealkylation sites (N-methyl/N-ethyl adjacent to an activating group) is 1. The Morgan fingerprint density at radius 1 is 1.14 bits per heavy atom. The molecule has 1 saturated heterocycles. The molecule has 0 spiro atoms. The number of benzene rings is 1. The molecule has 0 amide bonds. The Bertz CT molecular complexity index is 430. The Balaban J connectivity index is 2.23. The summed E-state index contributed by atoms with van der Waals surface area (Å²) < 4.78 is 5.56. The zero-order valence-electron chi connectivity index (χ0n) is 13.6. The highest BCUT2D eigenvalue weighted by Crippen LogP contribution is 2.32. The molecular formula is C17H29N3O. The minimum atomic E-state index is 0.134. The van der Waals surface area contributed by atoms with Crippen LogP contribution >= 0.6 is 0 Å². The maximum absolute atomic E-state index is 6.46. The predicted octanol–water partition coefficient (Wildman–Crippen LogP) is 2.11. The lowest BCUT2D eigenvalue weighted by Crippen LogP contribution is -2.51. The highest BCUT2D eigenvalue weighted by atomic mass is 16.5. The first kappa shape index (κ1) is 16.3. The van der Waals surface area contributed by atoms with Gasteiger partial charge in [0.25, 0.3) is 0 Å². The number of hydrogen-bond donors (Lipinski definition) is 1. The predicted molar refractivity (Wildman–Crippen MR) is 87.7 cm³/mol. The summed E-state index contributed by atoms with van der Waals surface area (Å²) in [6.07, 6.45) is 0.969. The van der Waals surface area contributed by atoms with E-state index in [0.717, 1.165) is 44.9 Å². The molecule has 1 aromatic rings. The van der Waals surface area contributed by atoms with Gasteiger partial charge in [0.1, 0.15) is 5.75 Å². The van der Waals surface area contributed by atoms with Crippen LogP contribution in [0.15, 0.2) is 24.3 Å². The number of nitrogens with zero attached hydrogens (tertiary/aromatic N) is 2. The number of para-hydroxylation sites is 1. The summed E-state index contributed by atoms with van der Waals surface area (Å²) in [6, 6.07) is 8.67. The molecule has 0 aromatic heterocycles. The summed E-state index contributed by atoms with van der Waals surface area (Å²) in [5.74, 6) is 0.948. The molecule has 1 aromatic carbocycles. The van der Waals surface area contributed by atoms with Gasteiger partial charge in [0.2, 0.25) is 0 Å². The molecule has 1 aliphatic heterocycles. The first-order valence-electron chi connectivity index (χ1n) is 8.06. The molecule has 4 heteroatoms. The second-order valence-corrected chi connectivity index (χ2v) is 5.73. The van der Waals surface area contributed by atoms with Gasteiger partial charge in [-0.3, -0.25) is 4.90 Å². The monoisotopic (exact) mass is 291 g/mol. The third-order valence-corrected chi connectivity index (χ3v) is 4.58. The number of nitrogens with two attached hydrogens (primary N) is 1. The summed E-state index contributed by atoms with van der Waals surface area (Å²) in [4.78, 5) is 5.02. The van der Waals surface area contributed by atoms with Crippen molar-refractivity contribution < 1.29 is 4.74 Å². The van der Waals surface area contributed by atoms with Crippen LogP contribution in [-0.4, -0.2) is 55.7 Å². The van der Waals surface area contributed by atoms with Gasteiger partial charge < -0.3 is 15.4 Å². The Morgan fingerprint density at radius 3 is 2.38 bits per heavy atom. The van der Waals surface area contributed by atoms with Crippen LogP contribution in [0.5, 0.6) is 5.75 Å². The molecule has 1 heterocycles. The highest BCUT2D eigenvalue weighted by molar-refractivity contribution is 5.37. The van der Waals surface area contributed by atoms with Crippen molar-refractivity contribution in [2.45, 2.75) is 32.4 Å². The average molecular weight is 291 g/mol. The van der Waals surface area contributed by atoms with Crippen molar-refractivity contribution in [2.24, 2.45) is 5.73 Å². The number of ether oxygens (including phenoxy) is 1. The first-order valence-corrected chi connectivity index (χ1v) is 8.06. The van der Waals surface area contributed by atoms with E-state index in [1.165, 1.54) is 5.56 Å². The minimum absolute atomic E-state index is 0.134. The highest BCUT2D eigenvalue weighted by Gasteiger charge is 2.30. The van der Waals surface area contributed by atoms with E-state index in [0.29, 0.717) is 0 Å². The smallest absolute Gasteiger partial charge is 0.123 e. The van der Waals surface area contributed by atoms with Crippen LogP contribution in [-0.2, 0) is 0 Å². The fourth-order valence-corrected chi connectivity index (χ4v) is 3.19. The van der Waals surface area contributed by atoms with Gasteiger partial charge in [-0.05, 0) is 19.0 Å². The maximum atomic E-state index is 6.46. The third kappa shape index (κ3) is 3.76. The number of piperazine rings is 1. The Kier molecular flexibility index (Phi) is 6.03. The van der Waals surface area contributed by atoms with Gasteiger partial charge in [-0.2, -0.15) is 0 Å². The summed E-state index contributed by atoms with van der Waals surface area (Å²) >= 11 is 0. The number of hydrogen-bond acceptors (Lipinski definition) is 4. The number of rotatable bonds is 6. The fraction of sp³-hybridized carbons (Fsp3) is 0.647. The molecule has 0 bridgehead atoms. The van der Waals surface area contributed by atoms with Crippen molar-refractivity contribution in [3.63, 3.8) is 0 Å². The van der Waals surface area contributed by atoms with Gasteiger partial charge in [-0.1, -0.05) is 32.0 Å². The second-order valence-electron chi connectivity index (χ2n) is 5.73. The van der Waals surface area contributed by atoms with Gasteiger partial charge in [-0.15, -0.1) is 0 Å². The standard InChI is InChI=1S/C17H29N3O/c1-4-15(18)17(14-8-6-7-9-16(14)21-3)20-12-10-19(5-2)11-13-20/h6-9,15,17H,4-5,10-13,18H2,1-3H3. The van der Waals surface area contributed by atoms with Crippen LogP contribution in [0, 0.1) is 0 Å². The van der Waals surface area contributed by atoms with E-state index in [1.54, 1.807) is 7.11 Å². The summed E-state index contributed by atoms with van der Waals surface area (Å²) in [7, 11) is 1.74. The topological polar surface area (TPSA) is 41.7 Å². The van der Waals surface area contributed by atoms with Crippen molar-refractivity contribution in [3.8, 4) is 5.75 Å². The fourth-order valence-electron chi connectivity index (χ4n) is 3.19. The Hall–Kier alpha value is -1.10. The Labute approximate surface area is 128 Å². The molecule has 2 unspecified atom stereocenters. The molecule has 2 rings (SSSR count). The minimum Gasteiger partial charge on any atom is -0.496 e. The summed E-state index contributed by atoms with van der Waals surface area (Å²) in [6.45, 7) is 9.92. The Morgan fingerprint density at radius 2 is 1.81 bits per heavy atom. The molecule has 2 atom stereocenters. The van der Waals surface area contributed by atoms with Gasteiger partial charge in [-0.25, -0.2) is 0 Å². The van der Waals surface area contributed by atoms with E-state index in [9.17, 15) is 0 Å². The third-order valence-electron chi connectivity index (χ3n) is 4.58. The molecule has 1 aliphatic rings. The van der Waals surface area contributed by atoms with Crippen LogP contribution in [0.2, 0.25) is 0 Å². The molecule has 1 fully saturated rings. The van der Waals surface area contributed by atoms with Crippen molar-refractivity contribution in [1.29, 1.82) is 0 Å². The van der Waals surface area contributed by atoms with E-state index < -0.39 is 0 Å². The lowest BCUT2D eigenvalue weighted by molar-refractivity contribution is 0.0853. The lowest BCUT2D eigenvalue weighted by Gasteiger charge is -2.41. The van der Waals surface area contributed by atoms with Crippen molar-refractivity contribution in [1.82, 2.24) is 9.80 Å². The second kappa shape index (κ2) is 7.78. The van der Waals surface area contributed by atoms with Crippen LogP contribution in [0.1, 0.15) is 31.9 Å². The lowest BCUT2D eigenvalue weighted by atomic mass is 9.94. The normalized spacial score (nSPS) is 20.2. The first-order chi connectivity index (χ1) is 10.2. The van der Waals surface area contributed by atoms with E-state index in [1.807, 2.05) is 12.1 Å². The molecule has 0 saturated carbocycles. The van der Waals surface area contributed by atoms with E-state index in [2.05, 4.69) is 35.8 Å². The maximum Gasteiger partial charge on any atom is 0.123 e. The van der Waals surface area contributed by atoms with Crippen LogP contribution in [0.3, 0.4) is 0 Å². The largest absolute Gasteiger partial charge is 0.496 e. The summed E-state index contributed by atoms with van der Waals surface area (Å²) in [5, 5.41) is 0. The molecule has 2 N–H and O–H groups in total. The van der Waals surface area contributed by atoms with Gasteiger partial charge in [0.05, 0.1) is 13.2 Å². The van der Waals surface area contributed by atoms with E-state index in [4.69, 9.17) is 10.5 Å². The molecule has 21 heavy (non-hydrogen) atoms. The van der Waals surface area contributed by atoms with Gasteiger partial charge in [0.15, 0.2) is 0 Å². The molecule has 0 radical (unpaired) electrons. The van der Waals surface area contributed by atoms with Crippen molar-refractivity contribution in [3.05, 3.63) is 29.8 Å². The van der Waals surface area contributed by atoms with Crippen LogP contribution in [0.4, 0.5) is 0 Å². The van der Waals surface area contributed by atoms with E-state index >= 15 is 0 Å². The van der Waals surface area contributed by atoms with Gasteiger partial charge >= 0.3 is 0 Å². The zero-order chi connectivity index (χ0) is 15.2. The quantitative estimate of drug-likeness (QED) is 0.871. The van der Waals surface area contributed by atoms with Crippen LogP contribution < -0.4 is 10.5 Å². The number of methoxy groups -OCH3 is 1. The average Bonchev–Trinajstić information content (AvgIpc) is 2.56. The van der Waals surface area contributed by atoms with Gasteiger partial charge in [0, 0.05) is 37.8 Å². The van der Waals surface area contributed by atoms with Crippen molar-refractivity contribution >= 4 is 0 Å². The molecular weight excluding hydrogens is 262 g/mol. The SMILES string of the molecule is CCC(N)C(c1ccccc1OC)N1CCN(CC)CC1. The molecule has 0 aliphatic carbocycles. The summed E-state index contributed by atoms with van der Waals surface area (Å²) in [5.41, 5.74) is 7.68. The van der Waals surface area contributed by atoms with E-state index in [-0.39, 0.29) is 12.1 Å². The molecule has 118 valence electrons. The molecule has 4 nitrogen and oxygen atoms in total. The zero-order valence-corrected chi connectivity index (χ0v) is 13.6. The van der Waals surface area contributed by atoms with Crippen molar-refractivity contribution in [2.75, 3.05) is 39.8 Å². The van der Waals surface area contributed by atoms with Crippen LogP contribution in [0.25, 0.3) is 0 Å².